The number of halogens is 1. The Morgan fingerprint density at radius 1 is 1.33 bits per heavy atom. The Labute approximate surface area is 106 Å². The fourth-order valence-corrected chi connectivity index (χ4v) is 2.29. The van der Waals surface area contributed by atoms with Crippen LogP contribution in [0.1, 0.15) is 32.3 Å². The van der Waals surface area contributed by atoms with Crippen LogP contribution in [0.5, 0.6) is 5.75 Å². The van der Waals surface area contributed by atoms with Gasteiger partial charge >= 0.3 is 0 Å². The van der Waals surface area contributed by atoms with Crippen LogP contribution in [0, 0.1) is 17.1 Å². The van der Waals surface area contributed by atoms with E-state index >= 15 is 0 Å². The Balaban J connectivity index is 2.07. The molecule has 1 heterocycles. The molecule has 0 aromatic heterocycles. The Kier molecular flexibility index (Phi) is 3.83. The second-order valence-corrected chi connectivity index (χ2v) is 4.73. The normalized spacial score (nSPS) is 27.6. The average Bonchev–Trinajstić information content (AvgIpc) is 2.30. The summed E-state index contributed by atoms with van der Waals surface area (Å²) in [5.41, 5.74) is 0.300. The predicted molar refractivity (Wildman–Crippen MR) is 64.8 cm³/mol. The first kappa shape index (κ1) is 12.8. The van der Waals surface area contributed by atoms with Gasteiger partial charge in [-0.25, -0.2) is 4.39 Å². The maximum absolute atomic E-state index is 13.7. The monoisotopic (exact) mass is 249 g/mol. The van der Waals surface area contributed by atoms with Crippen LogP contribution in [-0.4, -0.2) is 18.3 Å². The van der Waals surface area contributed by atoms with Crippen molar-refractivity contribution in [2.24, 2.45) is 0 Å². The highest BCUT2D eigenvalue weighted by molar-refractivity contribution is 5.36. The standard InChI is InChI=1S/C14H16FNO2/c1-9-5-12(6-10(2)17-9)18-14-4-3-11(8-16)7-13(14)15/h3-4,7,9-10,12H,5-6H2,1-2H3. The number of ether oxygens (including phenoxy) is 2. The fraction of sp³-hybridized carbons (Fsp3) is 0.500. The third kappa shape index (κ3) is 2.99. The van der Waals surface area contributed by atoms with Gasteiger partial charge in [0, 0.05) is 12.8 Å². The van der Waals surface area contributed by atoms with Gasteiger partial charge in [-0.1, -0.05) is 0 Å². The lowest BCUT2D eigenvalue weighted by Crippen LogP contribution is -2.35. The van der Waals surface area contributed by atoms with Crippen LogP contribution in [0.25, 0.3) is 0 Å². The van der Waals surface area contributed by atoms with Gasteiger partial charge < -0.3 is 9.47 Å². The smallest absolute Gasteiger partial charge is 0.166 e. The lowest BCUT2D eigenvalue weighted by atomic mass is 10.0. The van der Waals surface area contributed by atoms with E-state index in [2.05, 4.69) is 0 Å². The maximum atomic E-state index is 13.7. The maximum Gasteiger partial charge on any atom is 0.166 e. The van der Waals surface area contributed by atoms with Gasteiger partial charge in [-0.3, -0.25) is 0 Å². The van der Waals surface area contributed by atoms with Crippen molar-refractivity contribution in [1.82, 2.24) is 0 Å². The summed E-state index contributed by atoms with van der Waals surface area (Å²) in [6.45, 7) is 3.97. The largest absolute Gasteiger partial charge is 0.487 e. The molecular formula is C14H16FNO2. The Morgan fingerprint density at radius 2 is 2.00 bits per heavy atom. The van der Waals surface area contributed by atoms with Gasteiger partial charge in [-0.05, 0) is 32.0 Å². The zero-order chi connectivity index (χ0) is 13.1. The fourth-order valence-electron chi connectivity index (χ4n) is 2.29. The zero-order valence-electron chi connectivity index (χ0n) is 10.5. The SMILES string of the molecule is CC1CC(Oc2ccc(C#N)cc2F)CC(C)O1. The van der Waals surface area contributed by atoms with E-state index in [9.17, 15) is 4.39 Å². The first-order chi connectivity index (χ1) is 8.58. The minimum Gasteiger partial charge on any atom is -0.487 e. The zero-order valence-corrected chi connectivity index (χ0v) is 10.5. The molecule has 2 unspecified atom stereocenters. The van der Waals surface area contributed by atoms with Crippen molar-refractivity contribution in [2.45, 2.75) is 45.0 Å². The molecule has 1 aromatic rings. The van der Waals surface area contributed by atoms with Crippen LogP contribution in [0.15, 0.2) is 18.2 Å². The van der Waals surface area contributed by atoms with E-state index in [0.29, 0.717) is 5.56 Å². The average molecular weight is 249 g/mol. The molecule has 0 aliphatic carbocycles. The topological polar surface area (TPSA) is 42.2 Å². The van der Waals surface area contributed by atoms with Crippen LogP contribution in [-0.2, 0) is 4.74 Å². The number of nitriles is 1. The molecule has 0 radical (unpaired) electrons. The molecule has 1 aromatic carbocycles. The molecule has 3 nitrogen and oxygen atoms in total. The highest BCUT2D eigenvalue weighted by Crippen LogP contribution is 2.26. The second kappa shape index (κ2) is 5.36. The number of rotatable bonds is 2. The van der Waals surface area contributed by atoms with E-state index in [1.165, 1.54) is 12.1 Å². The molecule has 96 valence electrons. The van der Waals surface area contributed by atoms with Gasteiger partial charge in [-0.2, -0.15) is 5.26 Å². The van der Waals surface area contributed by atoms with Crippen molar-refractivity contribution in [1.29, 1.82) is 5.26 Å². The molecule has 0 bridgehead atoms. The first-order valence-electron chi connectivity index (χ1n) is 6.10. The Morgan fingerprint density at radius 3 is 2.56 bits per heavy atom. The molecule has 2 atom stereocenters. The quantitative estimate of drug-likeness (QED) is 0.809. The van der Waals surface area contributed by atoms with Crippen LogP contribution in [0.3, 0.4) is 0 Å². The Hall–Kier alpha value is -1.60. The van der Waals surface area contributed by atoms with Crippen molar-refractivity contribution < 1.29 is 13.9 Å². The van der Waals surface area contributed by atoms with Gasteiger partial charge in [0.2, 0.25) is 0 Å². The molecule has 1 fully saturated rings. The van der Waals surface area contributed by atoms with Gasteiger partial charge in [0.15, 0.2) is 11.6 Å². The predicted octanol–water partition coefficient (Wildman–Crippen LogP) is 3.03. The molecule has 1 aliphatic rings. The summed E-state index contributed by atoms with van der Waals surface area (Å²) < 4.78 is 24.9. The molecule has 0 amide bonds. The summed E-state index contributed by atoms with van der Waals surface area (Å²) in [6, 6.07) is 6.17. The van der Waals surface area contributed by atoms with E-state index in [-0.39, 0.29) is 24.1 Å². The lowest BCUT2D eigenvalue weighted by Gasteiger charge is -2.32. The number of hydrogen-bond acceptors (Lipinski definition) is 3. The summed E-state index contributed by atoms with van der Waals surface area (Å²) in [4.78, 5) is 0. The van der Waals surface area contributed by atoms with E-state index in [0.717, 1.165) is 12.8 Å². The third-order valence-electron chi connectivity index (χ3n) is 3.01. The van der Waals surface area contributed by atoms with Crippen molar-refractivity contribution in [3.63, 3.8) is 0 Å². The van der Waals surface area contributed by atoms with Crippen molar-refractivity contribution in [3.05, 3.63) is 29.6 Å². The summed E-state index contributed by atoms with van der Waals surface area (Å²) in [5.74, 6) is -0.277. The minimum absolute atomic E-state index is 0.0359. The van der Waals surface area contributed by atoms with E-state index < -0.39 is 5.82 Å². The van der Waals surface area contributed by atoms with Crippen molar-refractivity contribution >= 4 is 0 Å². The summed E-state index contributed by atoms with van der Waals surface area (Å²) in [6.07, 6.45) is 1.72. The molecule has 4 heteroatoms. The summed E-state index contributed by atoms with van der Waals surface area (Å²) in [5, 5.41) is 8.67. The summed E-state index contributed by atoms with van der Waals surface area (Å²) >= 11 is 0. The van der Waals surface area contributed by atoms with Crippen molar-refractivity contribution in [2.75, 3.05) is 0 Å². The molecule has 0 N–H and O–H groups in total. The molecule has 1 aliphatic heterocycles. The van der Waals surface area contributed by atoms with Gasteiger partial charge in [-0.15, -0.1) is 0 Å². The molecule has 0 spiro atoms. The highest BCUT2D eigenvalue weighted by Gasteiger charge is 2.26. The van der Waals surface area contributed by atoms with Gasteiger partial charge in [0.25, 0.3) is 0 Å². The van der Waals surface area contributed by atoms with E-state index in [1.54, 1.807) is 6.07 Å². The number of hydrogen-bond donors (Lipinski definition) is 0. The summed E-state index contributed by atoms with van der Waals surface area (Å²) in [7, 11) is 0. The number of nitrogens with zero attached hydrogens (tertiary/aromatic N) is 1. The highest BCUT2D eigenvalue weighted by atomic mass is 19.1. The Bertz CT molecular complexity index is 459. The molecule has 2 rings (SSSR count). The molecule has 0 saturated carbocycles. The second-order valence-electron chi connectivity index (χ2n) is 4.73. The van der Waals surface area contributed by atoms with Crippen LogP contribution in [0.4, 0.5) is 4.39 Å². The molecular weight excluding hydrogens is 233 g/mol. The lowest BCUT2D eigenvalue weighted by molar-refractivity contribution is -0.0727. The van der Waals surface area contributed by atoms with Gasteiger partial charge in [0.1, 0.15) is 6.10 Å². The van der Waals surface area contributed by atoms with Crippen LogP contribution in [0.2, 0.25) is 0 Å². The number of benzene rings is 1. The molecule has 18 heavy (non-hydrogen) atoms. The molecule has 1 saturated heterocycles. The van der Waals surface area contributed by atoms with Gasteiger partial charge in [0.05, 0.1) is 23.8 Å². The van der Waals surface area contributed by atoms with Crippen LogP contribution >= 0.6 is 0 Å². The van der Waals surface area contributed by atoms with Crippen molar-refractivity contribution in [3.8, 4) is 11.8 Å². The van der Waals surface area contributed by atoms with E-state index in [1.807, 2.05) is 19.9 Å². The third-order valence-corrected chi connectivity index (χ3v) is 3.01. The first-order valence-corrected chi connectivity index (χ1v) is 6.10. The van der Waals surface area contributed by atoms with Crippen LogP contribution < -0.4 is 4.74 Å². The van der Waals surface area contributed by atoms with E-state index in [4.69, 9.17) is 14.7 Å². The minimum atomic E-state index is -0.485.